The summed E-state index contributed by atoms with van der Waals surface area (Å²) >= 11 is 0. The number of benzene rings is 1. The average Bonchev–Trinajstić information content (AvgIpc) is 2.09. The third-order valence-electron chi connectivity index (χ3n) is 1.74. The van der Waals surface area contributed by atoms with Gasteiger partial charge in [-0.25, -0.2) is 0 Å². The quantitative estimate of drug-likeness (QED) is 0.535. The molecule has 0 saturated heterocycles. The topological polar surface area (TPSA) is 26.0 Å². The molecule has 0 amide bonds. The van der Waals surface area contributed by atoms with Crippen molar-refractivity contribution in [2.75, 3.05) is 5.73 Å². The number of allylic oxidation sites excluding steroid dienone is 2. The number of nitrogen functional groups attached to an aromatic ring is 1. The Balaban J connectivity index is 2.53. The molecule has 0 aromatic heterocycles. The fraction of sp³-hybridized carbons (Fsp3) is 0.273. The Bertz CT molecular complexity index is 246. The third kappa shape index (κ3) is 2.79. The van der Waals surface area contributed by atoms with E-state index in [-0.39, 0.29) is 0 Å². The van der Waals surface area contributed by atoms with E-state index in [1.54, 1.807) is 0 Å². The molecule has 0 aliphatic rings. The van der Waals surface area contributed by atoms with Crippen molar-refractivity contribution in [1.29, 1.82) is 0 Å². The maximum absolute atomic E-state index is 5.56. The van der Waals surface area contributed by atoms with Crippen LogP contribution >= 0.6 is 0 Å². The molecule has 0 aliphatic heterocycles. The predicted octanol–water partition coefficient (Wildman–Crippen LogP) is 2.78. The van der Waals surface area contributed by atoms with Gasteiger partial charge in [0, 0.05) is 5.69 Å². The SMILES string of the molecule is CCC=CCc1ccc(N)cc1. The van der Waals surface area contributed by atoms with Crippen LogP contribution in [-0.2, 0) is 6.42 Å². The molecule has 0 heterocycles. The van der Waals surface area contributed by atoms with Crippen molar-refractivity contribution >= 4 is 5.69 Å². The van der Waals surface area contributed by atoms with Gasteiger partial charge < -0.3 is 5.73 Å². The van der Waals surface area contributed by atoms with E-state index >= 15 is 0 Å². The second kappa shape index (κ2) is 4.60. The first kappa shape index (κ1) is 8.85. The number of hydrogen-bond donors (Lipinski definition) is 1. The first-order valence-electron chi connectivity index (χ1n) is 4.32. The summed E-state index contributed by atoms with van der Waals surface area (Å²) < 4.78 is 0. The summed E-state index contributed by atoms with van der Waals surface area (Å²) in [7, 11) is 0. The zero-order valence-corrected chi connectivity index (χ0v) is 7.46. The molecule has 2 N–H and O–H groups in total. The molecule has 0 atom stereocenters. The minimum atomic E-state index is 0.832. The van der Waals surface area contributed by atoms with Gasteiger partial charge in [0.15, 0.2) is 0 Å². The van der Waals surface area contributed by atoms with Crippen LogP contribution in [0.15, 0.2) is 36.4 Å². The molecule has 1 aromatic rings. The molecule has 0 fully saturated rings. The summed E-state index contributed by atoms with van der Waals surface area (Å²) in [6.45, 7) is 2.14. The minimum absolute atomic E-state index is 0.832. The van der Waals surface area contributed by atoms with Gasteiger partial charge in [-0.05, 0) is 30.5 Å². The van der Waals surface area contributed by atoms with E-state index in [0.29, 0.717) is 0 Å². The van der Waals surface area contributed by atoms with Crippen LogP contribution in [0.1, 0.15) is 18.9 Å². The molecule has 0 unspecified atom stereocenters. The van der Waals surface area contributed by atoms with E-state index in [1.165, 1.54) is 5.56 Å². The maximum Gasteiger partial charge on any atom is 0.0314 e. The summed E-state index contributed by atoms with van der Waals surface area (Å²) in [5.41, 5.74) is 7.71. The number of rotatable bonds is 3. The lowest BCUT2D eigenvalue weighted by atomic mass is 10.1. The van der Waals surface area contributed by atoms with Crippen molar-refractivity contribution in [3.05, 3.63) is 42.0 Å². The van der Waals surface area contributed by atoms with Crippen molar-refractivity contribution in [3.63, 3.8) is 0 Å². The Hall–Kier alpha value is -1.24. The third-order valence-corrected chi connectivity index (χ3v) is 1.74. The second-order valence-corrected chi connectivity index (χ2v) is 2.83. The van der Waals surface area contributed by atoms with E-state index in [0.717, 1.165) is 18.5 Å². The molecule has 0 saturated carbocycles. The molecule has 0 radical (unpaired) electrons. The molecule has 1 heteroatoms. The molecule has 0 bridgehead atoms. The Morgan fingerprint density at radius 1 is 1.17 bits per heavy atom. The van der Waals surface area contributed by atoms with E-state index < -0.39 is 0 Å². The Morgan fingerprint density at radius 2 is 1.83 bits per heavy atom. The van der Waals surface area contributed by atoms with Crippen molar-refractivity contribution in [2.45, 2.75) is 19.8 Å². The highest BCUT2D eigenvalue weighted by atomic mass is 14.5. The van der Waals surface area contributed by atoms with Crippen molar-refractivity contribution < 1.29 is 0 Å². The monoisotopic (exact) mass is 161 g/mol. The van der Waals surface area contributed by atoms with Crippen LogP contribution < -0.4 is 5.73 Å². The van der Waals surface area contributed by atoms with Gasteiger partial charge in [-0.2, -0.15) is 0 Å². The molecule has 0 spiro atoms. The van der Waals surface area contributed by atoms with Gasteiger partial charge in [-0.3, -0.25) is 0 Å². The summed E-state index contributed by atoms with van der Waals surface area (Å²) in [5, 5.41) is 0. The van der Waals surface area contributed by atoms with Gasteiger partial charge in [0.25, 0.3) is 0 Å². The fourth-order valence-corrected chi connectivity index (χ4v) is 1.04. The lowest BCUT2D eigenvalue weighted by molar-refractivity contribution is 1.18. The van der Waals surface area contributed by atoms with Crippen LogP contribution in [-0.4, -0.2) is 0 Å². The van der Waals surface area contributed by atoms with E-state index in [2.05, 4.69) is 31.2 Å². The predicted molar refractivity (Wildman–Crippen MR) is 54.0 cm³/mol. The lowest BCUT2D eigenvalue weighted by Crippen LogP contribution is -1.85. The highest BCUT2D eigenvalue weighted by Gasteiger charge is 1.87. The van der Waals surface area contributed by atoms with Gasteiger partial charge in [-0.15, -0.1) is 0 Å². The molecule has 12 heavy (non-hydrogen) atoms. The van der Waals surface area contributed by atoms with Crippen LogP contribution in [0.3, 0.4) is 0 Å². The summed E-state index contributed by atoms with van der Waals surface area (Å²) in [6, 6.07) is 8.01. The lowest BCUT2D eigenvalue weighted by Gasteiger charge is -1.96. The molecular weight excluding hydrogens is 146 g/mol. The minimum Gasteiger partial charge on any atom is -0.399 e. The van der Waals surface area contributed by atoms with Gasteiger partial charge in [0.05, 0.1) is 0 Å². The van der Waals surface area contributed by atoms with Crippen LogP contribution in [0.25, 0.3) is 0 Å². The number of hydrogen-bond acceptors (Lipinski definition) is 1. The smallest absolute Gasteiger partial charge is 0.0314 e. The van der Waals surface area contributed by atoms with Crippen LogP contribution in [0.5, 0.6) is 0 Å². The van der Waals surface area contributed by atoms with Crippen LogP contribution in [0, 0.1) is 0 Å². The molecule has 1 aromatic carbocycles. The molecule has 1 nitrogen and oxygen atoms in total. The fourth-order valence-electron chi connectivity index (χ4n) is 1.04. The van der Waals surface area contributed by atoms with E-state index in [9.17, 15) is 0 Å². The van der Waals surface area contributed by atoms with E-state index in [1.807, 2.05) is 12.1 Å². The molecule has 64 valence electrons. The molecular formula is C11H15N. The van der Waals surface area contributed by atoms with Crippen molar-refractivity contribution in [2.24, 2.45) is 0 Å². The first-order chi connectivity index (χ1) is 5.83. The van der Waals surface area contributed by atoms with Gasteiger partial charge in [0.2, 0.25) is 0 Å². The second-order valence-electron chi connectivity index (χ2n) is 2.83. The largest absolute Gasteiger partial charge is 0.399 e. The van der Waals surface area contributed by atoms with Crippen molar-refractivity contribution in [3.8, 4) is 0 Å². The maximum atomic E-state index is 5.56. The Labute approximate surface area is 73.9 Å². The van der Waals surface area contributed by atoms with Crippen LogP contribution in [0.2, 0.25) is 0 Å². The molecule has 1 rings (SSSR count). The zero-order chi connectivity index (χ0) is 8.81. The summed E-state index contributed by atoms with van der Waals surface area (Å²) in [4.78, 5) is 0. The first-order valence-corrected chi connectivity index (χ1v) is 4.32. The Kier molecular flexibility index (Phi) is 3.39. The summed E-state index contributed by atoms with van der Waals surface area (Å²) in [5.74, 6) is 0. The van der Waals surface area contributed by atoms with Gasteiger partial charge in [-0.1, -0.05) is 31.2 Å². The van der Waals surface area contributed by atoms with E-state index in [4.69, 9.17) is 5.73 Å². The number of anilines is 1. The van der Waals surface area contributed by atoms with Gasteiger partial charge >= 0.3 is 0 Å². The highest BCUT2D eigenvalue weighted by molar-refractivity contribution is 5.39. The van der Waals surface area contributed by atoms with Crippen LogP contribution in [0.4, 0.5) is 5.69 Å². The number of nitrogens with two attached hydrogens (primary N) is 1. The zero-order valence-electron chi connectivity index (χ0n) is 7.46. The Morgan fingerprint density at radius 3 is 2.42 bits per heavy atom. The average molecular weight is 161 g/mol. The molecule has 0 aliphatic carbocycles. The standard InChI is InChI=1S/C11H15N/c1-2-3-4-5-10-6-8-11(12)9-7-10/h3-4,6-9H,2,5,12H2,1H3. The summed E-state index contributed by atoms with van der Waals surface area (Å²) in [6.07, 6.45) is 6.48. The van der Waals surface area contributed by atoms with Gasteiger partial charge in [0.1, 0.15) is 0 Å². The van der Waals surface area contributed by atoms with Crippen molar-refractivity contribution in [1.82, 2.24) is 0 Å². The highest BCUT2D eigenvalue weighted by Crippen LogP contribution is 2.06. The normalized spacial score (nSPS) is 10.8.